The summed E-state index contributed by atoms with van der Waals surface area (Å²) in [5.41, 5.74) is 0. The highest BCUT2D eigenvalue weighted by atomic mass is 16.5. The molecule has 0 radical (unpaired) electrons. The SMILES string of the molecule is CCC1COCCCN1C(C)C. The van der Waals surface area contributed by atoms with Gasteiger partial charge in [-0.05, 0) is 26.7 Å². The van der Waals surface area contributed by atoms with Gasteiger partial charge in [0.1, 0.15) is 0 Å². The molecule has 0 spiro atoms. The van der Waals surface area contributed by atoms with Crippen LogP contribution in [-0.4, -0.2) is 36.7 Å². The van der Waals surface area contributed by atoms with Crippen molar-refractivity contribution in [3.8, 4) is 0 Å². The lowest BCUT2D eigenvalue weighted by Gasteiger charge is -2.31. The molecule has 1 atom stereocenters. The highest BCUT2D eigenvalue weighted by Crippen LogP contribution is 2.13. The minimum absolute atomic E-state index is 0.646. The van der Waals surface area contributed by atoms with Crippen molar-refractivity contribution in [3.63, 3.8) is 0 Å². The van der Waals surface area contributed by atoms with Crippen LogP contribution in [0.15, 0.2) is 0 Å². The average Bonchev–Trinajstić information content (AvgIpc) is 2.27. The molecule has 0 saturated carbocycles. The summed E-state index contributed by atoms with van der Waals surface area (Å²) in [6, 6.07) is 1.31. The van der Waals surface area contributed by atoms with Crippen LogP contribution in [-0.2, 0) is 4.74 Å². The first kappa shape index (κ1) is 10.0. The summed E-state index contributed by atoms with van der Waals surface area (Å²) in [6.45, 7) is 9.86. The molecule has 1 rings (SSSR count). The molecule has 0 aromatic carbocycles. The fraction of sp³-hybridized carbons (Fsp3) is 1.00. The third-order valence-electron chi connectivity index (χ3n) is 2.62. The zero-order valence-electron chi connectivity index (χ0n) is 8.55. The number of rotatable bonds is 2. The van der Waals surface area contributed by atoms with Crippen LogP contribution < -0.4 is 0 Å². The van der Waals surface area contributed by atoms with Crippen molar-refractivity contribution in [2.45, 2.75) is 45.7 Å². The van der Waals surface area contributed by atoms with Gasteiger partial charge in [-0.2, -0.15) is 0 Å². The van der Waals surface area contributed by atoms with Crippen molar-refractivity contribution in [1.29, 1.82) is 0 Å². The number of hydrogen-bond acceptors (Lipinski definition) is 2. The van der Waals surface area contributed by atoms with E-state index in [1.807, 2.05) is 0 Å². The monoisotopic (exact) mass is 171 g/mol. The summed E-state index contributed by atoms with van der Waals surface area (Å²) in [4.78, 5) is 2.56. The third-order valence-corrected chi connectivity index (χ3v) is 2.62. The molecule has 0 N–H and O–H groups in total. The van der Waals surface area contributed by atoms with Crippen molar-refractivity contribution >= 4 is 0 Å². The predicted octanol–water partition coefficient (Wildman–Crippen LogP) is 1.90. The van der Waals surface area contributed by atoms with E-state index in [9.17, 15) is 0 Å². The van der Waals surface area contributed by atoms with Crippen LogP contribution >= 0.6 is 0 Å². The second kappa shape index (κ2) is 4.83. The van der Waals surface area contributed by atoms with Crippen LogP contribution in [0, 0.1) is 0 Å². The van der Waals surface area contributed by atoms with Crippen LogP contribution in [0.25, 0.3) is 0 Å². The summed E-state index contributed by atoms with van der Waals surface area (Å²) in [5, 5.41) is 0. The average molecular weight is 171 g/mol. The van der Waals surface area contributed by atoms with Gasteiger partial charge in [0.05, 0.1) is 6.61 Å². The van der Waals surface area contributed by atoms with Gasteiger partial charge in [0.25, 0.3) is 0 Å². The number of ether oxygens (including phenoxy) is 1. The number of hydrogen-bond donors (Lipinski definition) is 0. The van der Waals surface area contributed by atoms with E-state index in [4.69, 9.17) is 4.74 Å². The summed E-state index contributed by atoms with van der Waals surface area (Å²) >= 11 is 0. The van der Waals surface area contributed by atoms with E-state index in [0.29, 0.717) is 12.1 Å². The van der Waals surface area contributed by atoms with E-state index in [1.54, 1.807) is 0 Å². The lowest BCUT2D eigenvalue weighted by Crippen LogP contribution is -2.41. The molecule has 0 aromatic heterocycles. The summed E-state index contributed by atoms with van der Waals surface area (Å²) < 4.78 is 5.54. The van der Waals surface area contributed by atoms with Crippen LogP contribution in [0.1, 0.15) is 33.6 Å². The second-order valence-electron chi connectivity index (χ2n) is 3.82. The molecule has 1 unspecified atom stereocenters. The van der Waals surface area contributed by atoms with Crippen LogP contribution in [0.3, 0.4) is 0 Å². The Morgan fingerprint density at radius 3 is 2.83 bits per heavy atom. The third kappa shape index (κ3) is 2.46. The fourth-order valence-corrected chi connectivity index (χ4v) is 1.88. The Morgan fingerprint density at radius 1 is 1.50 bits per heavy atom. The first-order chi connectivity index (χ1) is 5.75. The fourth-order valence-electron chi connectivity index (χ4n) is 1.88. The standard InChI is InChI=1S/C10H21NO/c1-4-10-8-12-7-5-6-11(10)9(2)3/h9-10H,4-8H2,1-3H3. The first-order valence-corrected chi connectivity index (χ1v) is 5.09. The minimum atomic E-state index is 0.646. The van der Waals surface area contributed by atoms with Crippen molar-refractivity contribution in [1.82, 2.24) is 4.90 Å². The van der Waals surface area contributed by atoms with Gasteiger partial charge >= 0.3 is 0 Å². The maximum absolute atomic E-state index is 5.54. The Morgan fingerprint density at radius 2 is 2.25 bits per heavy atom. The van der Waals surface area contributed by atoms with E-state index >= 15 is 0 Å². The van der Waals surface area contributed by atoms with Crippen LogP contribution in [0.4, 0.5) is 0 Å². The van der Waals surface area contributed by atoms with Crippen molar-refractivity contribution in [2.75, 3.05) is 19.8 Å². The maximum atomic E-state index is 5.54. The molecule has 1 saturated heterocycles. The lowest BCUT2D eigenvalue weighted by atomic mass is 10.1. The molecule has 1 aliphatic rings. The van der Waals surface area contributed by atoms with Gasteiger partial charge in [-0.1, -0.05) is 6.92 Å². The number of nitrogens with zero attached hydrogens (tertiary/aromatic N) is 1. The molecule has 72 valence electrons. The van der Waals surface area contributed by atoms with Crippen molar-refractivity contribution in [2.24, 2.45) is 0 Å². The van der Waals surface area contributed by atoms with Crippen molar-refractivity contribution in [3.05, 3.63) is 0 Å². The zero-order chi connectivity index (χ0) is 8.97. The molecule has 0 aromatic rings. The quantitative estimate of drug-likeness (QED) is 0.629. The molecule has 1 aliphatic heterocycles. The topological polar surface area (TPSA) is 12.5 Å². The molecular weight excluding hydrogens is 150 g/mol. The Hall–Kier alpha value is -0.0800. The van der Waals surface area contributed by atoms with Crippen LogP contribution in [0.2, 0.25) is 0 Å². The lowest BCUT2D eigenvalue weighted by molar-refractivity contribution is 0.0849. The van der Waals surface area contributed by atoms with E-state index in [-0.39, 0.29) is 0 Å². The van der Waals surface area contributed by atoms with E-state index in [2.05, 4.69) is 25.7 Å². The smallest absolute Gasteiger partial charge is 0.0621 e. The Kier molecular flexibility index (Phi) is 4.02. The highest BCUT2D eigenvalue weighted by molar-refractivity contribution is 4.75. The van der Waals surface area contributed by atoms with Crippen molar-refractivity contribution < 1.29 is 4.74 Å². The Bertz CT molecular complexity index is 125. The summed E-state index contributed by atoms with van der Waals surface area (Å²) in [5.74, 6) is 0. The van der Waals surface area contributed by atoms with E-state index in [0.717, 1.165) is 13.2 Å². The highest BCUT2D eigenvalue weighted by Gasteiger charge is 2.21. The normalized spacial score (nSPS) is 27.5. The minimum Gasteiger partial charge on any atom is -0.380 e. The van der Waals surface area contributed by atoms with Gasteiger partial charge < -0.3 is 4.74 Å². The molecule has 2 nitrogen and oxygen atoms in total. The maximum Gasteiger partial charge on any atom is 0.0621 e. The van der Waals surface area contributed by atoms with E-state index < -0.39 is 0 Å². The van der Waals surface area contributed by atoms with Gasteiger partial charge in [-0.15, -0.1) is 0 Å². The Balaban J connectivity index is 2.51. The molecule has 1 fully saturated rings. The van der Waals surface area contributed by atoms with Gasteiger partial charge in [0, 0.05) is 25.2 Å². The molecule has 2 heteroatoms. The van der Waals surface area contributed by atoms with E-state index in [1.165, 1.54) is 19.4 Å². The van der Waals surface area contributed by atoms with Gasteiger partial charge in [-0.3, -0.25) is 4.90 Å². The van der Waals surface area contributed by atoms with Crippen LogP contribution in [0.5, 0.6) is 0 Å². The summed E-state index contributed by atoms with van der Waals surface area (Å²) in [7, 11) is 0. The molecule has 0 aliphatic carbocycles. The van der Waals surface area contributed by atoms with Gasteiger partial charge in [0.2, 0.25) is 0 Å². The first-order valence-electron chi connectivity index (χ1n) is 5.09. The van der Waals surface area contributed by atoms with Gasteiger partial charge in [-0.25, -0.2) is 0 Å². The molecule has 0 bridgehead atoms. The second-order valence-corrected chi connectivity index (χ2v) is 3.82. The largest absolute Gasteiger partial charge is 0.380 e. The zero-order valence-corrected chi connectivity index (χ0v) is 8.55. The predicted molar refractivity (Wildman–Crippen MR) is 51.4 cm³/mol. The molecule has 1 heterocycles. The molecule has 0 amide bonds. The Labute approximate surface area is 75.9 Å². The molecule has 12 heavy (non-hydrogen) atoms. The van der Waals surface area contributed by atoms with Gasteiger partial charge in [0.15, 0.2) is 0 Å². The summed E-state index contributed by atoms with van der Waals surface area (Å²) in [6.07, 6.45) is 2.40. The molecular formula is C10H21NO.